The van der Waals surface area contributed by atoms with Crippen LogP contribution < -0.4 is 10.6 Å². The summed E-state index contributed by atoms with van der Waals surface area (Å²) in [5.74, 6) is 0.507. The molecule has 1 aliphatic rings. The van der Waals surface area contributed by atoms with Crippen LogP contribution in [0.2, 0.25) is 0 Å². The molecule has 0 saturated heterocycles. The fourth-order valence-corrected chi connectivity index (χ4v) is 1.72. The van der Waals surface area contributed by atoms with Crippen LogP contribution in [0.5, 0.6) is 0 Å². The minimum atomic E-state index is -0.0960. The first-order valence-corrected chi connectivity index (χ1v) is 6.39. The summed E-state index contributed by atoms with van der Waals surface area (Å²) >= 11 is 0. The van der Waals surface area contributed by atoms with Crippen LogP contribution in [0.1, 0.15) is 32.8 Å². The van der Waals surface area contributed by atoms with Gasteiger partial charge in [0.2, 0.25) is 5.91 Å². The van der Waals surface area contributed by atoms with Gasteiger partial charge >= 0.3 is 0 Å². The van der Waals surface area contributed by atoms with Gasteiger partial charge in [-0.25, -0.2) is 4.98 Å². The van der Waals surface area contributed by atoms with Crippen LogP contribution in [0.15, 0.2) is 24.4 Å². The van der Waals surface area contributed by atoms with Crippen molar-refractivity contribution in [2.24, 2.45) is 0 Å². The molecule has 1 amide bonds. The van der Waals surface area contributed by atoms with Crippen molar-refractivity contribution in [1.29, 1.82) is 0 Å². The zero-order valence-electron chi connectivity index (χ0n) is 11.3. The lowest BCUT2D eigenvalue weighted by molar-refractivity contribution is -0.114. The highest BCUT2D eigenvalue weighted by atomic mass is 16.1. The van der Waals surface area contributed by atoms with E-state index in [1.54, 1.807) is 0 Å². The van der Waals surface area contributed by atoms with Crippen molar-refractivity contribution < 1.29 is 4.79 Å². The van der Waals surface area contributed by atoms with Crippen LogP contribution in [-0.4, -0.2) is 24.0 Å². The van der Waals surface area contributed by atoms with Gasteiger partial charge in [0.15, 0.2) is 0 Å². The van der Waals surface area contributed by atoms with Crippen LogP contribution in [0.4, 0.5) is 5.82 Å². The Kier molecular flexibility index (Phi) is 6.08. The van der Waals surface area contributed by atoms with E-state index in [9.17, 15) is 4.79 Å². The number of anilines is 1. The minimum absolute atomic E-state index is 0.0960. The molecule has 98 valence electrons. The molecule has 0 unspecified atom stereocenters. The molecule has 0 aliphatic carbocycles. The monoisotopic (exact) mass is 247 g/mol. The second-order valence-electron chi connectivity index (χ2n) is 3.80. The lowest BCUT2D eigenvalue weighted by atomic mass is 10.0. The van der Waals surface area contributed by atoms with Crippen LogP contribution >= 0.6 is 0 Å². The standard InChI is InChI=1S/C12H15N3O.C2H6/c1-9(16)15-12-3-2-11(8-14-12)10-4-6-13-7-5-10;1-2/h2-4,8,13H,5-7H2,1H3,(H,14,15,16);1-2H3. The molecule has 2 rings (SSSR count). The van der Waals surface area contributed by atoms with Gasteiger partial charge in [0.1, 0.15) is 5.82 Å². The van der Waals surface area contributed by atoms with Crippen molar-refractivity contribution in [3.63, 3.8) is 0 Å². The van der Waals surface area contributed by atoms with Gasteiger partial charge in [-0.3, -0.25) is 4.79 Å². The Morgan fingerprint density at radius 2 is 2.17 bits per heavy atom. The summed E-state index contributed by atoms with van der Waals surface area (Å²) < 4.78 is 0. The first kappa shape index (κ1) is 14.4. The van der Waals surface area contributed by atoms with Gasteiger partial charge in [0, 0.05) is 19.7 Å². The second kappa shape index (κ2) is 7.61. The van der Waals surface area contributed by atoms with Gasteiger partial charge in [-0.1, -0.05) is 19.9 Å². The van der Waals surface area contributed by atoms with Gasteiger partial charge in [-0.05, 0) is 36.2 Å². The molecule has 2 heterocycles. The molecule has 0 aromatic carbocycles. The maximum absolute atomic E-state index is 10.8. The van der Waals surface area contributed by atoms with Crippen molar-refractivity contribution in [3.8, 4) is 0 Å². The Labute approximate surface area is 109 Å². The lowest BCUT2D eigenvalue weighted by Crippen LogP contribution is -2.20. The van der Waals surface area contributed by atoms with Gasteiger partial charge in [0.05, 0.1) is 0 Å². The molecule has 1 aromatic rings. The van der Waals surface area contributed by atoms with Gasteiger partial charge in [-0.2, -0.15) is 0 Å². The van der Waals surface area contributed by atoms with E-state index in [-0.39, 0.29) is 5.91 Å². The molecular weight excluding hydrogens is 226 g/mol. The van der Waals surface area contributed by atoms with Crippen molar-refractivity contribution in [1.82, 2.24) is 10.3 Å². The van der Waals surface area contributed by atoms with Crippen LogP contribution in [-0.2, 0) is 4.79 Å². The number of rotatable bonds is 2. The van der Waals surface area contributed by atoms with Crippen LogP contribution in [0, 0.1) is 0 Å². The molecule has 0 fully saturated rings. The molecule has 0 bridgehead atoms. The average Bonchev–Trinajstić information content (AvgIpc) is 2.42. The van der Waals surface area contributed by atoms with E-state index in [2.05, 4.69) is 21.7 Å². The van der Waals surface area contributed by atoms with E-state index in [0.29, 0.717) is 5.82 Å². The lowest BCUT2D eigenvalue weighted by Gasteiger charge is -2.14. The minimum Gasteiger partial charge on any atom is -0.313 e. The number of nitrogens with one attached hydrogen (secondary N) is 2. The van der Waals surface area contributed by atoms with Crippen molar-refractivity contribution in [3.05, 3.63) is 30.0 Å². The summed E-state index contributed by atoms with van der Waals surface area (Å²) in [6.45, 7) is 7.41. The highest BCUT2D eigenvalue weighted by Crippen LogP contribution is 2.19. The molecule has 0 spiro atoms. The fourth-order valence-electron chi connectivity index (χ4n) is 1.72. The molecule has 0 atom stereocenters. The Hall–Kier alpha value is -1.68. The van der Waals surface area contributed by atoms with Crippen molar-refractivity contribution in [2.45, 2.75) is 27.2 Å². The summed E-state index contributed by atoms with van der Waals surface area (Å²) in [6.07, 6.45) is 5.02. The van der Waals surface area contributed by atoms with E-state index in [0.717, 1.165) is 25.1 Å². The maximum atomic E-state index is 10.8. The molecule has 1 aliphatic heterocycles. The number of hydrogen-bond donors (Lipinski definition) is 2. The topological polar surface area (TPSA) is 54.0 Å². The normalized spacial score (nSPS) is 14.1. The van der Waals surface area contributed by atoms with Gasteiger partial charge in [0.25, 0.3) is 0 Å². The third-order valence-corrected chi connectivity index (χ3v) is 2.50. The Morgan fingerprint density at radius 3 is 2.67 bits per heavy atom. The molecule has 1 aromatic heterocycles. The molecule has 0 radical (unpaired) electrons. The summed E-state index contributed by atoms with van der Waals surface area (Å²) in [7, 11) is 0. The van der Waals surface area contributed by atoms with E-state index in [1.165, 1.54) is 12.5 Å². The zero-order chi connectivity index (χ0) is 13.4. The van der Waals surface area contributed by atoms with Crippen molar-refractivity contribution in [2.75, 3.05) is 18.4 Å². The number of pyridine rings is 1. The maximum Gasteiger partial charge on any atom is 0.222 e. The fraction of sp³-hybridized carbons (Fsp3) is 0.429. The van der Waals surface area contributed by atoms with Gasteiger partial charge in [-0.15, -0.1) is 0 Å². The van der Waals surface area contributed by atoms with E-state index in [1.807, 2.05) is 32.2 Å². The first-order valence-electron chi connectivity index (χ1n) is 6.39. The number of aromatic nitrogens is 1. The van der Waals surface area contributed by atoms with E-state index in [4.69, 9.17) is 0 Å². The Bertz CT molecular complexity index is 410. The molecule has 0 saturated carbocycles. The number of nitrogens with zero attached hydrogens (tertiary/aromatic N) is 1. The predicted molar refractivity (Wildman–Crippen MR) is 75.4 cm³/mol. The SMILES string of the molecule is CC.CC(=O)Nc1ccc(C2=CCNCC2)cn1. The summed E-state index contributed by atoms with van der Waals surface area (Å²) in [6, 6.07) is 3.83. The summed E-state index contributed by atoms with van der Waals surface area (Å²) in [5.41, 5.74) is 2.45. The molecule has 18 heavy (non-hydrogen) atoms. The van der Waals surface area contributed by atoms with Crippen LogP contribution in [0.3, 0.4) is 0 Å². The smallest absolute Gasteiger partial charge is 0.222 e. The highest BCUT2D eigenvalue weighted by Gasteiger charge is 2.06. The quantitative estimate of drug-likeness (QED) is 0.844. The summed E-state index contributed by atoms with van der Waals surface area (Å²) in [5, 5.41) is 5.92. The number of amides is 1. The number of carbonyl (C=O) groups is 1. The molecule has 4 nitrogen and oxygen atoms in total. The Balaban J connectivity index is 0.000000771. The van der Waals surface area contributed by atoms with Crippen molar-refractivity contribution >= 4 is 17.3 Å². The van der Waals surface area contributed by atoms with Crippen LogP contribution in [0.25, 0.3) is 5.57 Å². The van der Waals surface area contributed by atoms with E-state index < -0.39 is 0 Å². The summed E-state index contributed by atoms with van der Waals surface area (Å²) in [4.78, 5) is 15.0. The third kappa shape index (κ3) is 4.30. The largest absolute Gasteiger partial charge is 0.313 e. The highest BCUT2D eigenvalue weighted by molar-refractivity contribution is 5.87. The zero-order valence-corrected chi connectivity index (χ0v) is 11.3. The number of hydrogen-bond acceptors (Lipinski definition) is 3. The third-order valence-electron chi connectivity index (χ3n) is 2.50. The predicted octanol–water partition coefficient (Wildman–Crippen LogP) is 2.44. The first-order chi connectivity index (χ1) is 8.75. The number of carbonyl (C=O) groups excluding carboxylic acids is 1. The second-order valence-corrected chi connectivity index (χ2v) is 3.80. The Morgan fingerprint density at radius 1 is 1.39 bits per heavy atom. The van der Waals surface area contributed by atoms with E-state index >= 15 is 0 Å². The molecule has 4 heteroatoms. The molecule has 2 N–H and O–H groups in total. The average molecular weight is 247 g/mol. The van der Waals surface area contributed by atoms with Gasteiger partial charge < -0.3 is 10.6 Å². The molecular formula is C14H21N3O.